The van der Waals surface area contributed by atoms with Gasteiger partial charge in [0.05, 0.1) is 11.1 Å². The van der Waals surface area contributed by atoms with Crippen molar-refractivity contribution in [2.45, 2.75) is 45.8 Å². The maximum absolute atomic E-state index is 11.4. The molecule has 0 saturated carbocycles. The van der Waals surface area contributed by atoms with Crippen LogP contribution in [0.3, 0.4) is 0 Å². The van der Waals surface area contributed by atoms with Crippen molar-refractivity contribution < 1.29 is 13.5 Å². The van der Waals surface area contributed by atoms with E-state index in [9.17, 15) is 13.5 Å². The molecule has 0 aliphatic rings. The Hall–Kier alpha value is -0.170. The molecule has 0 rings (SSSR count). The van der Waals surface area contributed by atoms with E-state index in [-0.39, 0.29) is 0 Å². The SMILES string of the molecule is CCNS(=O)(=O)NC(C)(C)C(C)(C)O. The fourth-order valence-corrected chi connectivity index (χ4v) is 2.06. The highest BCUT2D eigenvalue weighted by molar-refractivity contribution is 7.87. The molecule has 86 valence electrons. The van der Waals surface area contributed by atoms with Crippen LogP contribution >= 0.6 is 0 Å². The van der Waals surface area contributed by atoms with E-state index in [1.165, 1.54) is 0 Å². The Balaban J connectivity index is 4.68. The highest BCUT2D eigenvalue weighted by atomic mass is 32.2. The zero-order valence-electron chi connectivity index (χ0n) is 9.38. The molecule has 0 aromatic heterocycles. The summed E-state index contributed by atoms with van der Waals surface area (Å²) in [7, 11) is -3.53. The standard InChI is InChI=1S/C8H20N2O3S/c1-6-9-14(12,13)10-7(2,3)8(4,5)11/h9-11H,6H2,1-5H3. The highest BCUT2D eigenvalue weighted by Crippen LogP contribution is 2.20. The zero-order valence-corrected chi connectivity index (χ0v) is 10.2. The van der Waals surface area contributed by atoms with Crippen molar-refractivity contribution in [3.8, 4) is 0 Å². The lowest BCUT2D eigenvalue weighted by Gasteiger charge is -2.37. The molecule has 0 aliphatic carbocycles. The van der Waals surface area contributed by atoms with Crippen molar-refractivity contribution in [1.82, 2.24) is 9.44 Å². The topological polar surface area (TPSA) is 78.4 Å². The Morgan fingerprint density at radius 2 is 1.64 bits per heavy atom. The maximum Gasteiger partial charge on any atom is 0.277 e. The molecule has 0 radical (unpaired) electrons. The van der Waals surface area contributed by atoms with Crippen LogP contribution in [0.25, 0.3) is 0 Å². The molecule has 0 bridgehead atoms. The van der Waals surface area contributed by atoms with Gasteiger partial charge >= 0.3 is 0 Å². The minimum Gasteiger partial charge on any atom is -0.389 e. The first-order chi connectivity index (χ1) is 6.02. The van der Waals surface area contributed by atoms with E-state index in [0.29, 0.717) is 6.54 Å². The Morgan fingerprint density at radius 1 is 1.21 bits per heavy atom. The second-order valence-corrected chi connectivity index (χ2v) is 5.79. The summed E-state index contributed by atoms with van der Waals surface area (Å²) < 4.78 is 27.4. The number of hydrogen-bond donors (Lipinski definition) is 3. The van der Waals surface area contributed by atoms with Crippen molar-refractivity contribution in [3.63, 3.8) is 0 Å². The molecule has 0 aliphatic heterocycles. The van der Waals surface area contributed by atoms with Gasteiger partial charge in [-0.1, -0.05) is 6.92 Å². The van der Waals surface area contributed by atoms with Crippen LogP contribution in [0.15, 0.2) is 0 Å². The molecular weight excluding hydrogens is 204 g/mol. The van der Waals surface area contributed by atoms with Gasteiger partial charge in [-0.05, 0) is 27.7 Å². The molecule has 0 spiro atoms. The number of aliphatic hydroxyl groups is 1. The molecule has 0 heterocycles. The Morgan fingerprint density at radius 3 is 1.93 bits per heavy atom. The molecule has 0 aromatic carbocycles. The second-order valence-electron chi connectivity index (χ2n) is 4.29. The van der Waals surface area contributed by atoms with Crippen LogP contribution in [0.4, 0.5) is 0 Å². The minimum absolute atomic E-state index is 0.317. The molecule has 0 unspecified atom stereocenters. The van der Waals surface area contributed by atoms with Crippen LogP contribution in [0.1, 0.15) is 34.6 Å². The van der Waals surface area contributed by atoms with Gasteiger partial charge in [-0.2, -0.15) is 13.1 Å². The molecule has 14 heavy (non-hydrogen) atoms. The monoisotopic (exact) mass is 224 g/mol. The summed E-state index contributed by atoms with van der Waals surface area (Å²) in [6.45, 7) is 8.38. The number of nitrogens with one attached hydrogen (secondary N) is 2. The summed E-state index contributed by atoms with van der Waals surface area (Å²) in [6.07, 6.45) is 0. The molecule has 0 atom stereocenters. The summed E-state index contributed by atoms with van der Waals surface area (Å²) in [5.41, 5.74) is -2.05. The summed E-state index contributed by atoms with van der Waals surface area (Å²) >= 11 is 0. The van der Waals surface area contributed by atoms with Crippen molar-refractivity contribution in [2.24, 2.45) is 0 Å². The van der Waals surface area contributed by atoms with E-state index in [1.807, 2.05) is 0 Å². The van der Waals surface area contributed by atoms with Gasteiger partial charge in [0.15, 0.2) is 0 Å². The van der Waals surface area contributed by atoms with E-state index in [4.69, 9.17) is 0 Å². The first-order valence-electron chi connectivity index (χ1n) is 4.53. The number of rotatable bonds is 5. The smallest absolute Gasteiger partial charge is 0.277 e. The minimum atomic E-state index is -3.53. The fourth-order valence-electron chi connectivity index (χ4n) is 0.687. The number of hydrogen-bond acceptors (Lipinski definition) is 3. The fraction of sp³-hybridized carbons (Fsp3) is 1.00. The Kier molecular flexibility index (Phi) is 4.09. The summed E-state index contributed by atoms with van der Waals surface area (Å²) in [5, 5.41) is 9.72. The largest absolute Gasteiger partial charge is 0.389 e. The molecule has 3 N–H and O–H groups in total. The summed E-state index contributed by atoms with van der Waals surface area (Å²) in [4.78, 5) is 0. The predicted molar refractivity (Wildman–Crippen MR) is 56.1 cm³/mol. The third kappa shape index (κ3) is 3.91. The first kappa shape index (κ1) is 13.8. The van der Waals surface area contributed by atoms with Crippen molar-refractivity contribution in [3.05, 3.63) is 0 Å². The van der Waals surface area contributed by atoms with Crippen LogP contribution < -0.4 is 9.44 Å². The van der Waals surface area contributed by atoms with Crippen LogP contribution in [0.2, 0.25) is 0 Å². The lowest BCUT2D eigenvalue weighted by atomic mass is 9.87. The van der Waals surface area contributed by atoms with E-state index in [2.05, 4.69) is 9.44 Å². The maximum atomic E-state index is 11.4. The summed E-state index contributed by atoms with van der Waals surface area (Å²) in [6, 6.07) is 0. The molecule has 0 amide bonds. The van der Waals surface area contributed by atoms with E-state index in [1.54, 1.807) is 34.6 Å². The third-order valence-corrected chi connectivity index (χ3v) is 3.70. The molecule has 0 aromatic rings. The van der Waals surface area contributed by atoms with Crippen LogP contribution in [-0.4, -0.2) is 31.2 Å². The van der Waals surface area contributed by atoms with Gasteiger partial charge in [-0.25, -0.2) is 4.72 Å². The van der Waals surface area contributed by atoms with Gasteiger partial charge in [0, 0.05) is 6.54 Å². The Labute approximate surface area is 86.1 Å². The van der Waals surface area contributed by atoms with E-state index < -0.39 is 21.3 Å². The molecule has 6 heteroatoms. The van der Waals surface area contributed by atoms with Crippen LogP contribution in [0, 0.1) is 0 Å². The van der Waals surface area contributed by atoms with Gasteiger partial charge in [-0.15, -0.1) is 0 Å². The third-order valence-electron chi connectivity index (χ3n) is 2.25. The predicted octanol–water partition coefficient (Wildman–Crippen LogP) is -0.0202. The molecule has 0 saturated heterocycles. The van der Waals surface area contributed by atoms with Crippen LogP contribution in [0.5, 0.6) is 0 Å². The van der Waals surface area contributed by atoms with Gasteiger partial charge in [0.1, 0.15) is 0 Å². The summed E-state index contributed by atoms with van der Waals surface area (Å²) in [5.74, 6) is 0. The first-order valence-corrected chi connectivity index (χ1v) is 6.01. The van der Waals surface area contributed by atoms with Gasteiger partial charge in [0.25, 0.3) is 10.2 Å². The van der Waals surface area contributed by atoms with E-state index >= 15 is 0 Å². The van der Waals surface area contributed by atoms with Gasteiger partial charge in [-0.3, -0.25) is 0 Å². The lowest BCUT2D eigenvalue weighted by Crippen LogP contribution is -2.59. The van der Waals surface area contributed by atoms with Crippen LogP contribution in [-0.2, 0) is 10.2 Å². The van der Waals surface area contributed by atoms with Gasteiger partial charge in [0.2, 0.25) is 0 Å². The average Bonchev–Trinajstić information content (AvgIpc) is 1.80. The lowest BCUT2D eigenvalue weighted by molar-refractivity contribution is 0.00624. The van der Waals surface area contributed by atoms with Crippen molar-refractivity contribution >= 4 is 10.2 Å². The molecule has 5 nitrogen and oxygen atoms in total. The Bertz CT molecular complexity index is 277. The molecule has 0 fully saturated rings. The zero-order chi connectivity index (χ0) is 11.6. The highest BCUT2D eigenvalue weighted by Gasteiger charge is 2.38. The van der Waals surface area contributed by atoms with Gasteiger partial charge < -0.3 is 5.11 Å². The van der Waals surface area contributed by atoms with Crippen molar-refractivity contribution in [2.75, 3.05) is 6.54 Å². The average molecular weight is 224 g/mol. The second kappa shape index (κ2) is 4.14. The quantitative estimate of drug-likeness (QED) is 0.614. The van der Waals surface area contributed by atoms with E-state index in [0.717, 1.165) is 0 Å². The molecular formula is C8H20N2O3S. The normalized spacial score (nSPS) is 14.4. The van der Waals surface area contributed by atoms with Crippen molar-refractivity contribution in [1.29, 1.82) is 0 Å².